The van der Waals surface area contributed by atoms with E-state index in [1.807, 2.05) is 4.90 Å². The Morgan fingerprint density at radius 3 is 2.71 bits per heavy atom. The van der Waals surface area contributed by atoms with Crippen molar-refractivity contribution in [1.82, 2.24) is 4.90 Å². The van der Waals surface area contributed by atoms with Crippen LogP contribution >= 0.6 is 0 Å². The van der Waals surface area contributed by atoms with Crippen molar-refractivity contribution in [3.63, 3.8) is 0 Å². The third-order valence-electron chi connectivity index (χ3n) is 3.01. The molecule has 0 aromatic heterocycles. The number of amides is 1. The third kappa shape index (κ3) is 3.63. The Balaban J connectivity index is 2.07. The van der Waals surface area contributed by atoms with Crippen LogP contribution in [0.4, 0.5) is 0 Å². The van der Waals surface area contributed by atoms with Gasteiger partial charge in [-0.25, -0.2) is 0 Å². The number of allylic oxidation sites excluding steroid dienone is 2. The van der Waals surface area contributed by atoms with Crippen molar-refractivity contribution < 1.29 is 4.79 Å². The highest BCUT2D eigenvalue weighted by Gasteiger charge is 2.26. The van der Waals surface area contributed by atoms with E-state index in [2.05, 4.69) is 38.7 Å². The fraction of sp³-hybridized carbons (Fsp3) is 0.667. The van der Waals surface area contributed by atoms with Crippen LogP contribution in [0.25, 0.3) is 0 Å². The molecule has 0 bridgehead atoms. The Morgan fingerprint density at radius 1 is 1.41 bits per heavy atom. The quantitative estimate of drug-likeness (QED) is 0.669. The lowest BCUT2D eigenvalue weighted by Gasteiger charge is -2.28. The second-order valence-corrected chi connectivity index (χ2v) is 6.24. The van der Waals surface area contributed by atoms with Crippen molar-refractivity contribution in [1.29, 1.82) is 0 Å². The van der Waals surface area contributed by atoms with Gasteiger partial charge in [0.2, 0.25) is 5.91 Å². The third-order valence-corrected chi connectivity index (χ3v) is 3.01. The molecule has 0 N–H and O–H groups in total. The van der Waals surface area contributed by atoms with Gasteiger partial charge in [-0.05, 0) is 24.2 Å². The lowest BCUT2D eigenvalue weighted by atomic mass is 9.91. The summed E-state index contributed by atoms with van der Waals surface area (Å²) in [6.45, 7) is 6.88. The predicted octanol–water partition coefficient (Wildman–Crippen LogP) is 2.95. The minimum absolute atomic E-state index is 0.0483. The van der Waals surface area contributed by atoms with Crippen LogP contribution in [0.15, 0.2) is 11.8 Å². The van der Waals surface area contributed by atoms with Gasteiger partial charge >= 0.3 is 0 Å². The van der Waals surface area contributed by atoms with Crippen LogP contribution in [-0.2, 0) is 4.79 Å². The van der Waals surface area contributed by atoms with Gasteiger partial charge in [-0.1, -0.05) is 38.7 Å². The molecule has 1 fully saturated rings. The van der Waals surface area contributed by atoms with Gasteiger partial charge < -0.3 is 4.90 Å². The van der Waals surface area contributed by atoms with Gasteiger partial charge in [0.25, 0.3) is 0 Å². The number of hydrogen-bond donors (Lipinski definition) is 0. The SMILES string of the molecule is CC(C)(C)CC(=O)N1CC#CC/C1=C/C1CC1. The normalized spacial score (nSPS) is 22.3. The standard InChI is InChI=1S/C15H21NO/c1-15(2,3)11-14(17)16-9-5-4-6-13(16)10-12-7-8-12/h10,12H,6-9,11H2,1-3H3/b13-10-. The Labute approximate surface area is 104 Å². The molecule has 1 heterocycles. The van der Waals surface area contributed by atoms with Crippen molar-refractivity contribution in [2.45, 2.75) is 46.5 Å². The van der Waals surface area contributed by atoms with Crippen LogP contribution < -0.4 is 0 Å². The zero-order valence-corrected chi connectivity index (χ0v) is 11.0. The zero-order valence-electron chi connectivity index (χ0n) is 11.0. The molecule has 2 aliphatic rings. The monoisotopic (exact) mass is 231 g/mol. The second-order valence-electron chi connectivity index (χ2n) is 6.24. The van der Waals surface area contributed by atoms with Crippen molar-refractivity contribution in [2.75, 3.05) is 6.54 Å². The van der Waals surface area contributed by atoms with E-state index in [-0.39, 0.29) is 11.3 Å². The fourth-order valence-corrected chi connectivity index (χ4v) is 1.97. The summed E-state index contributed by atoms with van der Waals surface area (Å²) in [5, 5.41) is 0. The van der Waals surface area contributed by atoms with E-state index in [0.29, 0.717) is 18.9 Å². The number of rotatable bonds is 2. The lowest BCUT2D eigenvalue weighted by Crippen LogP contribution is -2.34. The smallest absolute Gasteiger partial charge is 0.228 e. The molecule has 2 nitrogen and oxygen atoms in total. The predicted molar refractivity (Wildman–Crippen MR) is 69.0 cm³/mol. The average Bonchev–Trinajstić information content (AvgIpc) is 3.00. The van der Waals surface area contributed by atoms with E-state index in [9.17, 15) is 4.79 Å². The van der Waals surface area contributed by atoms with Gasteiger partial charge in [0, 0.05) is 18.5 Å². The first-order valence-electron chi connectivity index (χ1n) is 6.42. The van der Waals surface area contributed by atoms with E-state index in [4.69, 9.17) is 0 Å². The minimum Gasteiger partial charge on any atom is -0.304 e. The summed E-state index contributed by atoms with van der Waals surface area (Å²) in [6.07, 6.45) is 6.15. The van der Waals surface area contributed by atoms with Gasteiger partial charge in [-0.2, -0.15) is 0 Å². The van der Waals surface area contributed by atoms with Gasteiger partial charge in [-0.3, -0.25) is 4.79 Å². The van der Waals surface area contributed by atoms with E-state index in [1.165, 1.54) is 12.8 Å². The summed E-state index contributed by atoms with van der Waals surface area (Å²) >= 11 is 0. The summed E-state index contributed by atoms with van der Waals surface area (Å²) in [5.41, 5.74) is 1.19. The number of nitrogens with zero attached hydrogens (tertiary/aromatic N) is 1. The summed E-state index contributed by atoms with van der Waals surface area (Å²) in [6, 6.07) is 0. The second kappa shape index (κ2) is 4.56. The first-order valence-corrected chi connectivity index (χ1v) is 6.42. The molecule has 0 radical (unpaired) electrons. The minimum atomic E-state index is 0.0483. The average molecular weight is 231 g/mol. The Kier molecular flexibility index (Phi) is 3.28. The van der Waals surface area contributed by atoms with Crippen LogP contribution in [0.2, 0.25) is 0 Å². The Hall–Kier alpha value is -1.23. The van der Waals surface area contributed by atoms with Gasteiger partial charge in [0.1, 0.15) is 0 Å². The summed E-state index contributed by atoms with van der Waals surface area (Å²) in [4.78, 5) is 14.1. The number of carbonyl (C=O) groups is 1. The topological polar surface area (TPSA) is 20.3 Å². The van der Waals surface area contributed by atoms with E-state index < -0.39 is 0 Å². The molecular formula is C15H21NO. The zero-order chi connectivity index (χ0) is 12.5. The summed E-state index contributed by atoms with van der Waals surface area (Å²) < 4.78 is 0. The van der Waals surface area contributed by atoms with Crippen molar-refractivity contribution >= 4 is 5.91 Å². The van der Waals surface area contributed by atoms with Crippen LogP contribution in [0.1, 0.15) is 46.5 Å². The van der Waals surface area contributed by atoms with Crippen LogP contribution in [0, 0.1) is 23.2 Å². The van der Waals surface area contributed by atoms with Gasteiger partial charge in [0.15, 0.2) is 0 Å². The highest BCUT2D eigenvalue weighted by molar-refractivity contribution is 5.79. The van der Waals surface area contributed by atoms with Gasteiger partial charge in [0.05, 0.1) is 6.54 Å². The maximum atomic E-state index is 12.2. The number of hydrogen-bond acceptors (Lipinski definition) is 1. The molecule has 2 heteroatoms. The first kappa shape index (κ1) is 12.2. The van der Waals surface area contributed by atoms with E-state index in [0.717, 1.165) is 12.1 Å². The summed E-state index contributed by atoms with van der Waals surface area (Å²) in [5.74, 6) is 7.07. The highest BCUT2D eigenvalue weighted by Crippen LogP contribution is 2.33. The van der Waals surface area contributed by atoms with Crippen LogP contribution in [-0.4, -0.2) is 17.4 Å². The lowest BCUT2D eigenvalue weighted by molar-refractivity contribution is -0.130. The molecule has 0 spiro atoms. The molecule has 92 valence electrons. The Bertz CT molecular complexity index is 399. The molecule has 17 heavy (non-hydrogen) atoms. The molecule has 1 aliphatic carbocycles. The largest absolute Gasteiger partial charge is 0.304 e. The number of carbonyl (C=O) groups excluding carboxylic acids is 1. The first-order chi connectivity index (χ1) is 7.96. The molecule has 0 saturated heterocycles. The maximum Gasteiger partial charge on any atom is 0.228 e. The molecule has 1 aliphatic heterocycles. The molecule has 1 saturated carbocycles. The van der Waals surface area contributed by atoms with Crippen molar-refractivity contribution in [3.8, 4) is 11.8 Å². The van der Waals surface area contributed by atoms with Crippen LogP contribution in [0.5, 0.6) is 0 Å². The molecule has 0 unspecified atom stereocenters. The molecule has 0 aromatic rings. The summed E-state index contributed by atoms with van der Waals surface area (Å²) in [7, 11) is 0. The molecule has 0 aromatic carbocycles. The molecule has 1 amide bonds. The fourth-order valence-electron chi connectivity index (χ4n) is 1.97. The molecule has 2 rings (SSSR count). The van der Waals surface area contributed by atoms with Gasteiger partial charge in [-0.15, -0.1) is 0 Å². The highest BCUT2D eigenvalue weighted by atomic mass is 16.2. The molecule has 0 atom stereocenters. The molecular weight excluding hydrogens is 210 g/mol. The van der Waals surface area contributed by atoms with E-state index in [1.54, 1.807) is 0 Å². The van der Waals surface area contributed by atoms with E-state index >= 15 is 0 Å². The maximum absolute atomic E-state index is 12.2. The van der Waals surface area contributed by atoms with Crippen molar-refractivity contribution in [3.05, 3.63) is 11.8 Å². The van der Waals surface area contributed by atoms with Crippen molar-refractivity contribution in [2.24, 2.45) is 11.3 Å². The van der Waals surface area contributed by atoms with Crippen LogP contribution in [0.3, 0.4) is 0 Å². The Morgan fingerprint density at radius 2 is 2.12 bits per heavy atom.